The van der Waals surface area contributed by atoms with Crippen molar-refractivity contribution in [1.82, 2.24) is 10.3 Å². The van der Waals surface area contributed by atoms with E-state index in [1.165, 1.54) is 29.2 Å². The Labute approximate surface area is 301 Å². The number of fused-ring (bicyclic) bond motifs is 1. The molecule has 6 aromatic rings. The molecule has 49 heavy (non-hydrogen) atoms. The van der Waals surface area contributed by atoms with Gasteiger partial charge in [0, 0.05) is 26.2 Å². The topological polar surface area (TPSA) is 100 Å². The zero-order valence-electron chi connectivity index (χ0n) is 25.9. The highest BCUT2D eigenvalue weighted by Gasteiger charge is 2.24. The van der Waals surface area contributed by atoms with Gasteiger partial charge in [-0.1, -0.05) is 101 Å². The van der Waals surface area contributed by atoms with Crippen LogP contribution in [-0.2, 0) is 9.59 Å². The van der Waals surface area contributed by atoms with E-state index in [0.717, 1.165) is 26.2 Å². The van der Waals surface area contributed by atoms with Crippen molar-refractivity contribution in [3.63, 3.8) is 0 Å². The van der Waals surface area contributed by atoms with Crippen molar-refractivity contribution in [1.29, 1.82) is 0 Å². The van der Waals surface area contributed by atoms with Crippen LogP contribution < -0.4 is 16.0 Å². The Morgan fingerprint density at radius 1 is 0.816 bits per heavy atom. The summed E-state index contributed by atoms with van der Waals surface area (Å²) in [6.07, 6.45) is 1.49. The molecule has 0 aliphatic rings. The molecule has 0 aliphatic carbocycles. The lowest BCUT2D eigenvalue weighted by Gasteiger charge is -2.17. The smallest absolute Gasteiger partial charge is 0.272 e. The summed E-state index contributed by atoms with van der Waals surface area (Å²) in [5, 5.41) is 9.26. The highest BCUT2D eigenvalue weighted by Crippen LogP contribution is 2.38. The number of amides is 3. The number of carbonyl (C=O) groups excluding carboxylic acids is 3. The van der Waals surface area contributed by atoms with E-state index in [1.807, 2.05) is 61.5 Å². The largest absolute Gasteiger partial charge is 0.321 e. The molecule has 244 valence electrons. The van der Waals surface area contributed by atoms with Crippen LogP contribution in [0.15, 0.2) is 132 Å². The Kier molecular flexibility index (Phi) is 10.8. The molecule has 1 aromatic heterocycles. The van der Waals surface area contributed by atoms with Gasteiger partial charge in [-0.25, -0.2) is 4.98 Å². The Bertz CT molecular complexity index is 2190. The van der Waals surface area contributed by atoms with Crippen LogP contribution in [0.3, 0.4) is 0 Å². The summed E-state index contributed by atoms with van der Waals surface area (Å²) in [5.74, 6) is -1.26. The lowest BCUT2D eigenvalue weighted by atomic mass is 10.1. The molecule has 1 heterocycles. The van der Waals surface area contributed by atoms with E-state index < -0.39 is 17.1 Å². The summed E-state index contributed by atoms with van der Waals surface area (Å²) in [7, 11) is 0. The fourth-order valence-corrected chi connectivity index (χ4v) is 7.37. The summed E-state index contributed by atoms with van der Waals surface area (Å²) in [4.78, 5) is 45.9. The second kappa shape index (κ2) is 15.5. The summed E-state index contributed by atoms with van der Waals surface area (Å²) in [5.41, 5.74) is 4.07. The molecule has 1 unspecified atom stereocenters. The summed E-state index contributed by atoms with van der Waals surface area (Å²) in [6, 6.07) is 36.0. The highest BCUT2D eigenvalue weighted by molar-refractivity contribution is 8.00. The second-order valence-electron chi connectivity index (χ2n) is 10.9. The van der Waals surface area contributed by atoms with Crippen LogP contribution in [0.25, 0.3) is 16.3 Å². The van der Waals surface area contributed by atoms with Crippen molar-refractivity contribution in [2.24, 2.45) is 0 Å². The summed E-state index contributed by atoms with van der Waals surface area (Å²) in [6.45, 7) is 2.02. The number of hydrogen-bond acceptors (Lipinski definition) is 6. The Hall–Kier alpha value is -4.93. The van der Waals surface area contributed by atoms with Crippen molar-refractivity contribution in [3.05, 3.63) is 159 Å². The van der Waals surface area contributed by atoms with Gasteiger partial charge >= 0.3 is 0 Å². The number of halogens is 2. The molecule has 3 amide bonds. The van der Waals surface area contributed by atoms with Gasteiger partial charge in [0.15, 0.2) is 5.13 Å². The number of rotatable bonds is 10. The van der Waals surface area contributed by atoms with E-state index in [1.54, 1.807) is 66.7 Å². The molecular formula is C38H28Cl2N4O3S2. The van der Waals surface area contributed by atoms with Crippen LogP contribution in [-0.4, -0.2) is 22.7 Å². The number of aromatic nitrogens is 1. The number of aryl methyl sites for hydroxylation is 1. The molecule has 0 bridgehead atoms. The van der Waals surface area contributed by atoms with E-state index in [-0.39, 0.29) is 11.6 Å². The molecule has 5 aromatic carbocycles. The Balaban J connectivity index is 1.24. The average Bonchev–Trinajstić information content (AvgIpc) is 3.50. The van der Waals surface area contributed by atoms with E-state index in [2.05, 4.69) is 20.9 Å². The van der Waals surface area contributed by atoms with Crippen molar-refractivity contribution < 1.29 is 14.4 Å². The van der Waals surface area contributed by atoms with E-state index >= 15 is 0 Å². The van der Waals surface area contributed by atoms with Gasteiger partial charge in [0.25, 0.3) is 11.8 Å². The third kappa shape index (κ3) is 8.76. The first-order chi connectivity index (χ1) is 23.7. The number of anilines is 2. The summed E-state index contributed by atoms with van der Waals surface area (Å²) < 4.78 is 0.995. The van der Waals surface area contributed by atoms with Gasteiger partial charge in [0.1, 0.15) is 10.9 Å². The standard InChI is InChI=1S/C38H28Cl2N4O3S2/c1-23-15-18-31-33(19-23)49-38(43-31)44-37(47)34(24-9-4-2-5-10-24)48-29-14-8-13-28(22-29)41-36(46)32(20-26-16-17-27(39)21-30(26)40)42-35(45)25-11-6-3-7-12-25/h2-22,34H,1H3,(H,41,46)(H,42,45)(H,43,44,47)/b32-20+. The maximum absolute atomic E-state index is 13.8. The van der Waals surface area contributed by atoms with Gasteiger partial charge in [-0.3, -0.25) is 14.4 Å². The van der Waals surface area contributed by atoms with Gasteiger partial charge in [-0.05, 0) is 84.3 Å². The fourth-order valence-electron chi connectivity index (χ4n) is 4.86. The highest BCUT2D eigenvalue weighted by atomic mass is 35.5. The fraction of sp³-hybridized carbons (Fsp3) is 0.0526. The molecule has 0 spiro atoms. The van der Waals surface area contributed by atoms with E-state index in [4.69, 9.17) is 23.2 Å². The van der Waals surface area contributed by atoms with E-state index in [0.29, 0.717) is 32.0 Å². The molecule has 0 saturated heterocycles. The number of thioether (sulfide) groups is 1. The molecular weight excluding hydrogens is 695 g/mol. The number of thiazole rings is 1. The maximum Gasteiger partial charge on any atom is 0.272 e. The van der Waals surface area contributed by atoms with Crippen LogP contribution in [0, 0.1) is 6.92 Å². The molecule has 0 aliphatic heterocycles. The molecule has 6 rings (SSSR count). The number of nitrogens with one attached hydrogen (secondary N) is 3. The van der Waals surface area contributed by atoms with Crippen LogP contribution >= 0.6 is 46.3 Å². The third-order valence-electron chi connectivity index (χ3n) is 7.25. The first-order valence-corrected chi connectivity index (χ1v) is 17.5. The lowest BCUT2D eigenvalue weighted by molar-refractivity contribution is -0.116. The first kappa shape index (κ1) is 34.0. The maximum atomic E-state index is 13.8. The van der Waals surface area contributed by atoms with E-state index in [9.17, 15) is 14.4 Å². The van der Waals surface area contributed by atoms with Crippen molar-refractivity contribution in [2.75, 3.05) is 10.6 Å². The number of nitrogens with zero attached hydrogens (tertiary/aromatic N) is 1. The number of hydrogen-bond donors (Lipinski definition) is 3. The van der Waals surface area contributed by atoms with Gasteiger partial charge in [0.05, 0.1) is 10.2 Å². The van der Waals surface area contributed by atoms with Crippen LogP contribution in [0.2, 0.25) is 10.0 Å². The summed E-state index contributed by atoms with van der Waals surface area (Å²) >= 11 is 15.2. The van der Waals surface area contributed by atoms with Gasteiger partial charge in [0.2, 0.25) is 5.91 Å². The zero-order chi connectivity index (χ0) is 34.3. The van der Waals surface area contributed by atoms with Crippen LogP contribution in [0.5, 0.6) is 0 Å². The molecule has 7 nitrogen and oxygen atoms in total. The SMILES string of the molecule is Cc1ccc2nc(NC(=O)C(Sc3cccc(NC(=O)/C(=C\c4ccc(Cl)cc4Cl)NC(=O)c4ccccc4)c3)c3ccccc3)sc2c1. The van der Waals surface area contributed by atoms with Crippen molar-refractivity contribution in [2.45, 2.75) is 17.1 Å². The molecule has 0 fully saturated rings. The monoisotopic (exact) mass is 722 g/mol. The minimum Gasteiger partial charge on any atom is -0.321 e. The van der Waals surface area contributed by atoms with Crippen molar-refractivity contribution in [3.8, 4) is 0 Å². The van der Waals surface area contributed by atoms with Gasteiger partial charge in [-0.15, -0.1) is 11.8 Å². The quantitative estimate of drug-likeness (QED) is 0.0966. The number of carbonyl (C=O) groups is 3. The minimum absolute atomic E-state index is 0.0244. The van der Waals surface area contributed by atoms with Gasteiger partial charge < -0.3 is 16.0 Å². The normalized spacial score (nSPS) is 11.9. The van der Waals surface area contributed by atoms with Crippen LogP contribution in [0.1, 0.15) is 32.3 Å². The predicted octanol–water partition coefficient (Wildman–Crippen LogP) is 9.79. The minimum atomic E-state index is -0.617. The molecule has 0 saturated carbocycles. The number of benzene rings is 5. The molecule has 1 atom stereocenters. The van der Waals surface area contributed by atoms with Gasteiger partial charge in [-0.2, -0.15) is 0 Å². The Morgan fingerprint density at radius 2 is 1.57 bits per heavy atom. The average molecular weight is 724 g/mol. The third-order valence-corrected chi connectivity index (χ3v) is 10.00. The van der Waals surface area contributed by atoms with Crippen molar-refractivity contribution >= 4 is 91.1 Å². The zero-order valence-corrected chi connectivity index (χ0v) is 29.1. The molecule has 3 N–H and O–H groups in total. The first-order valence-electron chi connectivity index (χ1n) is 15.1. The molecule has 11 heteroatoms. The molecule has 0 radical (unpaired) electrons. The second-order valence-corrected chi connectivity index (χ2v) is 14.0. The Morgan fingerprint density at radius 3 is 2.33 bits per heavy atom. The van der Waals surface area contributed by atoms with Crippen LogP contribution in [0.4, 0.5) is 10.8 Å². The lowest BCUT2D eigenvalue weighted by Crippen LogP contribution is -2.30. The predicted molar refractivity (Wildman–Crippen MR) is 201 cm³/mol.